The zero-order valence-corrected chi connectivity index (χ0v) is 12.3. The Morgan fingerprint density at radius 1 is 1.14 bits per heavy atom. The molecule has 0 aliphatic heterocycles. The topological polar surface area (TPSA) is 48.4 Å². The first-order valence-corrected chi connectivity index (χ1v) is 7.24. The van der Waals surface area contributed by atoms with E-state index >= 15 is 0 Å². The number of benzene rings is 2. The van der Waals surface area contributed by atoms with Crippen LogP contribution in [0.15, 0.2) is 59.0 Å². The Kier molecular flexibility index (Phi) is 4.11. The Morgan fingerprint density at radius 3 is 2.64 bits per heavy atom. The lowest BCUT2D eigenvalue weighted by Crippen LogP contribution is -2.27. The summed E-state index contributed by atoms with van der Waals surface area (Å²) in [6, 6.07) is 16.8. The Morgan fingerprint density at radius 2 is 1.91 bits per heavy atom. The van der Waals surface area contributed by atoms with Crippen LogP contribution in [0.2, 0.25) is 0 Å². The molecule has 3 aromatic rings. The molecule has 0 aliphatic rings. The van der Waals surface area contributed by atoms with E-state index in [9.17, 15) is 4.39 Å². The molecule has 0 bridgehead atoms. The van der Waals surface area contributed by atoms with E-state index in [1.165, 1.54) is 0 Å². The minimum absolute atomic E-state index is 0.104. The summed E-state index contributed by atoms with van der Waals surface area (Å²) in [5.74, 6) is 1.31. The highest BCUT2D eigenvalue weighted by atomic mass is 19.1. The number of para-hydroxylation sites is 1. The fourth-order valence-electron chi connectivity index (χ4n) is 2.51. The van der Waals surface area contributed by atoms with Gasteiger partial charge in [0.2, 0.25) is 0 Å². The van der Waals surface area contributed by atoms with Gasteiger partial charge in [-0.25, -0.2) is 4.39 Å². The van der Waals surface area contributed by atoms with Crippen molar-refractivity contribution >= 4 is 11.0 Å². The zero-order valence-electron chi connectivity index (χ0n) is 12.3. The molecule has 3 rings (SSSR count). The molecular weight excluding hydrogens is 281 g/mol. The summed E-state index contributed by atoms with van der Waals surface area (Å²) in [5.41, 5.74) is 6.88. The van der Waals surface area contributed by atoms with Crippen LogP contribution in [0.4, 0.5) is 4.39 Å². The number of rotatable bonds is 5. The van der Waals surface area contributed by atoms with Gasteiger partial charge in [0.25, 0.3) is 0 Å². The van der Waals surface area contributed by atoms with Crippen molar-refractivity contribution in [1.29, 1.82) is 0 Å². The van der Waals surface area contributed by atoms with Gasteiger partial charge in [-0.15, -0.1) is 0 Å². The first-order valence-electron chi connectivity index (χ1n) is 7.24. The third-order valence-corrected chi connectivity index (χ3v) is 3.57. The molecule has 0 radical (unpaired) electrons. The average molecular weight is 299 g/mol. The van der Waals surface area contributed by atoms with E-state index in [-0.39, 0.29) is 6.54 Å². The van der Waals surface area contributed by atoms with Gasteiger partial charge in [0, 0.05) is 11.9 Å². The van der Waals surface area contributed by atoms with E-state index in [4.69, 9.17) is 14.9 Å². The van der Waals surface area contributed by atoms with Crippen LogP contribution in [0.5, 0.6) is 5.75 Å². The molecule has 2 N–H and O–H groups in total. The maximum atomic E-state index is 14.3. The lowest BCUT2D eigenvalue weighted by atomic mass is 10.1. The molecule has 0 fully saturated rings. The normalized spacial score (nSPS) is 14.0. The molecule has 22 heavy (non-hydrogen) atoms. The summed E-state index contributed by atoms with van der Waals surface area (Å²) in [6.07, 6.45) is -2.06. The van der Waals surface area contributed by atoms with Crippen LogP contribution in [0.1, 0.15) is 17.4 Å². The Bertz CT molecular complexity index is 754. The van der Waals surface area contributed by atoms with Crippen LogP contribution in [-0.4, -0.2) is 12.7 Å². The Hall–Kier alpha value is -2.33. The molecule has 0 unspecified atom stereocenters. The number of aryl methyl sites for hydroxylation is 1. The number of hydrogen-bond donors (Lipinski definition) is 1. The molecule has 2 aromatic carbocycles. The van der Waals surface area contributed by atoms with Crippen molar-refractivity contribution in [3.63, 3.8) is 0 Å². The van der Waals surface area contributed by atoms with E-state index in [0.717, 1.165) is 16.7 Å². The average Bonchev–Trinajstić information content (AvgIpc) is 2.93. The van der Waals surface area contributed by atoms with Gasteiger partial charge in [0.15, 0.2) is 23.6 Å². The Labute approximate surface area is 128 Å². The van der Waals surface area contributed by atoms with Crippen LogP contribution < -0.4 is 10.5 Å². The molecule has 0 saturated carbocycles. The maximum absolute atomic E-state index is 14.3. The summed E-state index contributed by atoms with van der Waals surface area (Å²) in [7, 11) is 0. The molecule has 0 aliphatic carbocycles. The molecule has 1 aromatic heterocycles. The van der Waals surface area contributed by atoms with Crippen molar-refractivity contribution in [2.45, 2.75) is 19.2 Å². The van der Waals surface area contributed by atoms with Gasteiger partial charge in [-0.3, -0.25) is 0 Å². The summed E-state index contributed by atoms with van der Waals surface area (Å²) in [6.45, 7) is 1.77. The van der Waals surface area contributed by atoms with Crippen LogP contribution >= 0.6 is 0 Å². The number of fused-ring (bicyclic) bond motifs is 1. The van der Waals surface area contributed by atoms with Crippen molar-refractivity contribution in [1.82, 2.24) is 0 Å². The van der Waals surface area contributed by atoms with Crippen LogP contribution in [0, 0.1) is 6.92 Å². The molecule has 0 saturated heterocycles. The number of alkyl halides is 1. The van der Waals surface area contributed by atoms with E-state index in [0.29, 0.717) is 11.3 Å². The quantitative estimate of drug-likeness (QED) is 0.769. The first-order chi connectivity index (χ1) is 10.7. The molecule has 3 nitrogen and oxygen atoms in total. The molecule has 4 heteroatoms. The van der Waals surface area contributed by atoms with Crippen LogP contribution in [-0.2, 0) is 0 Å². The van der Waals surface area contributed by atoms with Gasteiger partial charge in [-0.2, -0.15) is 0 Å². The van der Waals surface area contributed by atoms with Crippen LogP contribution in [0.3, 0.4) is 0 Å². The molecule has 0 spiro atoms. The highest BCUT2D eigenvalue weighted by molar-refractivity contribution is 5.83. The summed E-state index contributed by atoms with van der Waals surface area (Å²) in [5, 5.41) is 0.935. The first kappa shape index (κ1) is 14.6. The molecular formula is C18H18FNO2. The zero-order chi connectivity index (χ0) is 15.5. The van der Waals surface area contributed by atoms with Gasteiger partial charge in [0.05, 0.1) is 0 Å². The van der Waals surface area contributed by atoms with Gasteiger partial charge in [-0.1, -0.05) is 42.5 Å². The highest BCUT2D eigenvalue weighted by Gasteiger charge is 2.25. The monoisotopic (exact) mass is 299 g/mol. The van der Waals surface area contributed by atoms with Gasteiger partial charge in [0.1, 0.15) is 5.76 Å². The van der Waals surface area contributed by atoms with Crippen molar-refractivity contribution in [3.05, 3.63) is 65.9 Å². The van der Waals surface area contributed by atoms with Crippen molar-refractivity contribution in [3.8, 4) is 5.75 Å². The van der Waals surface area contributed by atoms with E-state index in [1.807, 2.05) is 55.5 Å². The molecule has 114 valence electrons. The van der Waals surface area contributed by atoms with E-state index in [1.54, 1.807) is 6.07 Å². The van der Waals surface area contributed by atoms with E-state index in [2.05, 4.69) is 0 Å². The van der Waals surface area contributed by atoms with Crippen LogP contribution in [0.25, 0.3) is 11.0 Å². The standard InChI is InChI=1S/C18H18FNO2/c1-12-10-14-8-5-9-16(18(14)21-12)22-17(15(19)11-20)13-6-3-2-4-7-13/h2-10,15,17H,11,20H2,1H3/t15-,17-/m0/s1. The minimum Gasteiger partial charge on any atom is -0.479 e. The fourth-order valence-corrected chi connectivity index (χ4v) is 2.51. The third-order valence-electron chi connectivity index (χ3n) is 3.57. The lowest BCUT2D eigenvalue weighted by Gasteiger charge is -2.22. The van der Waals surface area contributed by atoms with Crippen molar-refractivity contribution < 1.29 is 13.5 Å². The predicted molar refractivity (Wildman–Crippen MR) is 84.7 cm³/mol. The van der Waals surface area contributed by atoms with Crippen molar-refractivity contribution in [2.24, 2.45) is 5.73 Å². The number of nitrogens with two attached hydrogens (primary N) is 1. The van der Waals surface area contributed by atoms with Gasteiger partial charge in [-0.05, 0) is 24.6 Å². The second-order valence-corrected chi connectivity index (χ2v) is 5.23. The van der Waals surface area contributed by atoms with Gasteiger partial charge >= 0.3 is 0 Å². The predicted octanol–water partition coefficient (Wildman–Crippen LogP) is 4.16. The third kappa shape index (κ3) is 2.83. The number of furan rings is 1. The lowest BCUT2D eigenvalue weighted by molar-refractivity contribution is 0.105. The highest BCUT2D eigenvalue weighted by Crippen LogP contribution is 2.33. The second kappa shape index (κ2) is 6.20. The Balaban J connectivity index is 1.99. The summed E-state index contributed by atoms with van der Waals surface area (Å²) >= 11 is 0. The largest absolute Gasteiger partial charge is 0.479 e. The maximum Gasteiger partial charge on any atom is 0.176 e. The summed E-state index contributed by atoms with van der Waals surface area (Å²) in [4.78, 5) is 0. The number of ether oxygens (including phenoxy) is 1. The van der Waals surface area contributed by atoms with Crippen molar-refractivity contribution in [2.75, 3.05) is 6.54 Å². The van der Waals surface area contributed by atoms with Gasteiger partial charge < -0.3 is 14.9 Å². The molecule has 2 atom stereocenters. The van der Waals surface area contributed by atoms with E-state index < -0.39 is 12.3 Å². The second-order valence-electron chi connectivity index (χ2n) is 5.23. The SMILES string of the molecule is Cc1cc2cccc(O[C@@H](c3ccccc3)[C@@H](F)CN)c2o1. The minimum atomic E-state index is -1.30. The summed E-state index contributed by atoms with van der Waals surface area (Å²) < 4.78 is 25.9. The fraction of sp³-hybridized carbons (Fsp3) is 0.222. The number of halogens is 1. The number of hydrogen-bond acceptors (Lipinski definition) is 3. The molecule has 0 amide bonds. The smallest absolute Gasteiger partial charge is 0.176 e. The molecule has 1 heterocycles.